The predicted octanol–water partition coefficient (Wildman–Crippen LogP) is 0.645. The number of nitrogens with one attached hydrogen (secondary N) is 1. The highest BCUT2D eigenvalue weighted by molar-refractivity contribution is 5.92. The molecule has 1 amide bonds. The van der Waals surface area contributed by atoms with Crippen molar-refractivity contribution in [2.45, 2.75) is 25.5 Å². The van der Waals surface area contributed by atoms with Crippen molar-refractivity contribution in [3.8, 4) is 0 Å². The van der Waals surface area contributed by atoms with Gasteiger partial charge in [-0.25, -0.2) is 0 Å². The maximum Gasteiger partial charge on any atom is 0.276 e. The lowest BCUT2D eigenvalue weighted by molar-refractivity contribution is 0.0687. The Kier molecular flexibility index (Phi) is 4.33. The van der Waals surface area contributed by atoms with Crippen LogP contribution < -0.4 is 5.32 Å². The minimum atomic E-state index is -0.0685. The number of carbonyl (C=O) groups excluding carboxylic acids is 1. The van der Waals surface area contributed by atoms with Gasteiger partial charge >= 0.3 is 0 Å². The second-order valence-electron chi connectivity index (χ2n) is 4.49. The Labute approximate surface area is 106 Å². The van der Waals surface area contributed by atoms with Crippen LogP contribution in [0, 0.1) is 0 Å². The number of nitrogens with zero attached hydrogens (tertiary/aromatic N) is 2. The third-order valence-electron chi connectivity index (χ3n) is 3.18. The van der Waals surface area contributed by atoms with Gasteiger partial charge < -0.3 is 19.5 Å². The molecule has 6 heteroatoms. The molecule has 1 aliphatic heterocycles. The Balaban J connectivity index is 2.00. The summed E-state index contributed by atoms with van der Waals surface area (Å²) < 4.78 is 9.96. The summed E-state index contributed by atoms with van der Waals surface area (Å²) in [5.41, 5.74) is 0.360. The quantitative estimate of drug-likeness (QED) is 0.853. The third kappa shape index (κ3) is 2.88. The Morgan fingerprint density at radius 1 is 1.72 bits per heavy atom. The number of methoxy groups -OCH3 is 1. The van der Waals surface area contributed by atoms with Crippen molar-refractivity contribution in [1.82, 2.24) is 15.4 Å². The van der Waals surface area contributed by atoms with Crippen LogP contribution in [-0.4, -0.2) is 49.3 Å². The Hall–Kier alpha value is -1.40. The van der Waals surface area contributed by atoms with Crippen LogP contribution in [0.1, 0.15) is 29.1 Å². The van der Waals surface area contributed by atoms with Crippen molar-refractivity contribution >= 4 is 5.91 Å². The first-order chi connectivity index (χ1) is 8.74. The third-order valence-corrected chi connectivity index (χ3v) is 3.18. The number of piperidine rings is 1. The standard InChI is InChI=1S/C12H19N3O3/c1-13-9-4-3-5-15(7-9)12(16)11-6-10(8-17-2)18-14-11/h6,9,13H,3-5,7-8H2,1-2H3. The van der Waals surface area contributed by atoms with Gasteiger partial charge in [-0.15, -0.1) is 0 Å². The fourth-order valence-electron chi connectivity index (χ4n) is 2.18. The first-order valence-electron chi connectivity index (χ1n) is 6.15. The zero-order valence-corrected chi connectivity index (χ0v) is 10.8. The summed E-state index contributed by atoms with van der Waals surface area (Å²) in [5.74, 6) is 0.504. The molecule has 1 aliphatic rings. The molecule has 2 rings (SSSR count). The highest BCUT2D eigenvalue weighted by Crippen LogP contribution is 2.14. The molecule has 1 fully saturated rings. The van der Waals surface area contributed by atoms with Crippen molar-refractivity contribution in [1.29, 1.82) is 0 Å². The smallest absolute Gasteiger partial charge is 0.276 e. The van der Waals surface area contributed by atoms with Crippen molar-refractivity contribution < 1.29 is 14.1 Å². The van der Waals surface area contributed by atoms with Gasteiger partial charge in [0, 0.05) is 32.3 Å². The SMILES string of the molecule is CNC1CCCN(C(=O)c2cc(COC)on2)C1. The first kappa shape index (κ1) is 13.0. The van der Waals surface area contributed by atoms with Gasteiger partial charge in [0.15, 0.2) is 11.5 Å². The maximum atomic E-state index is 12.2. The van der Waals surface area contributed by atoms with Gasteiger partial charge in [0.25, 0.3) is 5.91 Å². The van der Waals surface area contributed by atoms with Gasteiger partial charge in [0.05, 0.1) is 0 Å². The molecule has 18 heavy (non-hydrogen) atoms. The summed E-state index contributed by atoms with van der Waals surface area (Å²) in [7, 11) is 3.50. The molecule has 1 N–H and O–H groups in total. The molecule has 0 spiro atoms. The van der Waals surface area contributed by atoms with E-state index < -0.39 is 0 Å². The van der Waals surface area contributed by atoms with Crippen LogP contribution in [0.25, 0.3) is 0 Å². The molecule has 2 heterocycles. The number of likely N-dealkylation sites (tertiary alicyclic amines) is 1. The average molecular weight is 253 g/mol. The number of aromatic nitrogens is 1. The minimum absolute atomic E-state index is 0.0685. The fourth-order valence-corrected chi connectivity index (χ4v) is 2.18. The van der Waals surface area contributed by atoms with E-state index in [0.29, 0.717) is 24.1 Å². The Morgan fingerprint density at radius 3 is 3.28 bits per heavy atom. The highest BCUT2D eigenvalue weighted by Gasteiger charge is 2.25. The molecule has 1 unspecified atom stereocenters. The summed E-state index contributed by atoms with van der Waals surface area (Å²) in [5, 5.41) is 7.00. The largest absolute Gasteiger partial charge is 0.377 e. The van der Waals surface area contributed by atoms with Crippen LogP contribution >= 0.6 is 0 Å². The van der Waals surface area contributed by atoms with Crippen LogP contribution in [0.3, 0.4) is 0 Å². The molecule has 0 aliphatic carbocycles. The fraction of sp³-hybridized carbons (Fsp3) is 0.667. The van der Waals surface area contributed by atoms with Crippen molar-refractivity contribution in [3.05, 3.63) is 17.5 Å². The van der Waals surface area contributed by atoms with Crippen molar-refractivity contribution in [2.75, 3.05) is 27.2 Å². The van der Waals surface area contributed by atoms with E-state index in [1.165, 1.54) is 0 Å². The lowest BCUT2D eigenvalue weighted by Gasteiger charge is -2.31. The predicted molar refractivity (Wildman–Crippen MR) is 65.2 cm³/mol. The Bertz CT molecular complexity index is 405. The molecule has 0 saturated carbocycles. The van der Waals surface area contributed by atoms with Crippen molar-refractivity contribution in [3.63, 3.8) is 0 Å². The number of hydrogen-bond acceptors (Lipinski definition) is 5. The topological polar surface area (TPSA) is 67.6 Å². The molecular weight excluding hydrogens is 234 g/mol. The summed E-state index contributed by atoms with van der Waals surface area (Å²) in [6.07, 6.45) is 2.12. The number of hydrogen-bond donors (Lipinski definition) is 1. The number of carbonyl (C=O) groups is 1. The van der Waals surface area contributed by atoms with Gasteiger partial charge in [-0.1, -0.05) is 5.16 Å². The number of ether oxygens (including phenoxy) is 1. The number of amides is 1. The summed E-state index contributed by atoms with van der Waals surface area (Å²) in [6.45, 7) is 1.84. The number of rotatable bonds is 4. The van der Waals surface area contributed by atoms with E-state index in [2.05, 4.69) is 10.5 Å². The van der Waals surface area contributed by atoms with E-state index in [-0.39, 0.29) is 5.91 Å². The average Bonchev–Trinajstić information content (AvgIpc) is 2.87. The van der Waals surface area contributed by atoms with Crippen LogP contribution in [0.15, 0.2) is 10.6 Å². The first-order valence-corrected chi connectivity index (χ1v) is 6.15. The minimum Gasteiger partial charge on any atom is -0.377 e. The molecular formula is C12H19N3O3. The summed E-state index contributed by atoms with van der Waals surface area (Å²) in [4.78, 5) is 14.0. The molecule has 1 atom stereocenters. The van der Waals surface area contributed by atoms with Crippen LogP contribution in [-0.2, 0) is 11.3 Å². The van der Waals surface area contributed by atoms with Crippen LogP contribution in [0.4, 0.5) is 0 Å². The molecule has 0 bridgehead atoms. The molecule has 1 aromatic rings. The van der Waals surface area contributed by atoms with E-state index in [0.717, 1.165) is 25.9 Å². The lowest BCUT2D eigenvalue weighted by atomic mass is 10.1. The van der Waals surface area contributed by atoms with E-state index in [4.69, 9.17) is 9.26 Å². The molecule has 1 aromatic heterocycles. The zero-order chi connectivity index (χ0) is 13.0. The van der Waals surface area contributed by atoms with Crippen LogP contribution in [0.5, 0.6) is 0 Å². The summed E-state index contributed by atoms with van der Waals surface area (Å²) >= 11 is 0. The second kappa shape index (κ2) is 5.97. The van der Waals surface area contributed by atoms with Crippen molar-refractivity contribution in [2.24, 2.45) is 0 Å². The van der Waals surface area contributed by atoms with Gasteiger partial charge in [-0.2, -0.15) is 0 Å². The van der Waals surface area contributed by atoms with Gasteiger partial charge in [0.2, 0.25) is 0 Å². The maximum absolute atomic E-state index is 12.2. The monoisotopic (exact) mass is 253 g/mol. The normalized spacial score (nSPS) is 20.1. The van der Waals surface area contributed by atoms with Gasteiger partial charge in [-0.3, -0.25) is 4.79 Å². The van der Waals surface area contributed by atoms with Crippen LogP contribution in [0.2, 0.25) is 0 Å². The highest BCUT2D eigenvalue weighted by atomic mass is 16.5. The second-order valence-corrected chi connectivity index (χ2v) is 4.49. The van der Waals surface area contributed by atoms with E-state index in [1.54, 1.807) is 13.2 Å². The Morgan fingerprint density at radius 2 is 2.56 bits per heavy atom. The lowest BCUT2D eigenvalue weighted by Crippen LogP contribution is -2.47. The van der Waals surface area contributed by atoms with E-state index >= 15 is 0 Å². The molecule has 1 saturated heterocycles. The summed E-state index contributed by atoms with van der Waals surface area (Å²) in [6, 6.07) is 2.02. The molecule has 6 nitrogen and oxygen atoms in total. The van der Waals surface area contributed by atoms with E-state index in [9.17, 15) is 4.79 Å². The molecule has 0 aromatic carbocycles. The van der Waals surface area contributed by atoms with Gasteiger partial charge in [0.1, 0.15) is 6.61 Å². The van der Waals surface area contributed by atoms with E-state index in [1.807, 2.05) is 11.9 Å². The molecule has 100 valence electrons. The number of likely N-dealkylation sites (N-methyl/N-ethyl adjacent to an activating group) is 1. The molecule has 0 radical (unpaired) electrons. The zero-order valence-electron chi connectivity index (χ0n) is 10.8. The van der Waals surface area contributed by atoms with Gasteiger partial charge in [-0.05, 0) is 19.9 Å².